The van der Waals surface area contributed by atoms with Crippen LogP contribution in [0.5, 0.6) is 0 Å². The predicted octanol–water partition coefficient (Wildman–Crippen LogP) is 1.87. The zero-order valence-electron chi connectivity index (χ0n) is 5.99. The number of hydrogen-bond donors (Lipinski definition) is 0. The van der Waals surface area contributed by atoms with Crippen LogP contribution in [0.4, 0.5) is 0 Å². The fraction of sp³-hybridized carbons (Fsp3) is 0.444. The number of hydrogen-bond acceptors (Lipinski definition) is 0. The van der Waals surface area contributed by atoms with E-state index in [1.165, 1.54) is 0 Å². The van der Waals surface area contributed by atoms with E-state index in [4.69, 9.17) is 0 Å². The first kappa shape index (κ1) is 8.12. The summed E-state index contributed by atoms with van der Waals surface area (Å²) in [6, 6.07) is 0. The second kappa shape index (κ2) is 5.26. The Hall–Kier alpha value is -0.880. The summed E-state index contributed by atoms with van der Waals surface area (Å²) in [4.78, 5) is 0. The minimum absolute atomic E-state index is 0.643. The first-order chi connectivity index (χ1) is 4.27. The summed E-state index contributed by atoms with van der Waals surface area (Å²) >= 11 is 0. The number of rotatable bonds is 1. The van der Waals surface area contributed by atoms with Crippen molar-refractivity contribution in [1.29, 1.82) is 0 Å². The zero-order chi connectivity index (χ0) is 7.11. The highest BCUT2D eigenvalue weighted by Crippen LogP contribution is 1.94. The van der Waals surface area contributed by atoms with Crippen LogP contribution in [0.1, 0.15) is 20.3 Å². The van der Waals surface area contributed by atoms with Gasteiger partial charge in [-0.05, 0) is 17.8 Å². The Bertz CT molecular complexity index is 166. The van der Waals surface area contributed by atoms with Crippen molar-refractivity contribution in [2.75, 3.05) is 0 Å². The molecule has 0 saturated heterocycles. The van der Waals surface area contributed by atoms with E-state index in [9.17, 15) is 0 Å². The molecule has 0 unspecified atom stereocenters. The lowest BCUT2D eigenvalue weighted by atomic mass is 10.1. The van der Waals surface area contributed by atoms with E-state index in [-0.39, 0.29) is 0 Å². The van der Waals surface area contributed by atoms with Gasteiger partial charge in [-0.25, -0.2) is 0 Å². The maximum absolute atomic E-state index is 3.34. The van der Waals surface area contributed by atoms with Crippen LogP contribution in [0, 0.1) is 36.5 Å². The third kappa shape index (κ3) is 7.12. The molecule has 0 amide bonds. The van der Waals surface area contributed by atoms with E-state index in [0.717, 1.165) is 6.42 Å². The van der Waals surface area contributed by atoms with Crippen molar-refractivity contribution in [2.24, 2.45) is 5.92 Å². The van der Waals surface area contributed by atoms with Gasteiger partial charge < -0.3 is 0 Å². The first-order valence-corrected chi connectivity index (χ1v) is 3.02. The van der Waals surface area contributed by atoms with Crippen molar-refractivity contribution >= 4 is 0 Å². The average molecular weight is 119 g/mol. The molecular weight excluding hydrogens is 108 g/mol. The SMILES string of the molecule is [CH2]C#CC#CCC(C)C. The summed E-state index contributed by atoms with van der Waals surface area (Å²) in [5, 5.41) is 0. The van der Waals surface area contributed by atoms with Gasteiger partial charge in [0.25, 0.3) is 0 Å². The van der Waals surface area contributed by atoms with Crippen LogP contribution >= 0.6 is 0 Å². The molecule has 1 radical (unpaired) electrons. The van der Waals surface area contributed by atoms with E-state index < -0.39 is 0 Å². The largest absolute Gasteiger partial charge is 0.0888 e. The molecule has 0 aromatic heterocycles. The maximum Gasteiger partial charge on any atom is 0.0209 e. The van der Waals surface area contributed by atoms with Crippen molar-refractivity contribution in [1.82, 2.24) is 0 Å². The zero-order valence-corrected chi connectivity index (χ0v) is 5.99. The molecule has 0 aromatic rings. The van der Waals surface area contributed by atoms with E-state index in [2.05, 4.69) is 44.5 Å². The Kier molecular flexibility index (Phi) is 4.75. The Balaban J connectivity index is 3.46. The van der Waals surface area contributed by atoms with Gasteiger partial charge in [0.05, 0.1) is 0 Å². The molecular formula is C9H11. The molecule has 47 valence electrons. The smallest absolute Gasteiger partial charge is 0.0209 e. The normalized spacial score (nSPS) is 7.11. The second-order valence-corrected chi connectivity index (χ2v) is 2.20. The highest BCUT2D eigenvalue weighted by Gasteiger charge is 1.84. The minimum Gasteiger partial charge on any atom is -0.0888 e. The van der Waals surface area contributed by atoms with Gasteiger partial charge in [0.15, 0.2) is 0 Å². The van der Waals surface area contributed by atoms with Crippen molar-refractivity contribution in [2.45, 2.75) is 20.3 Å². The summed E-state index contributed by atoms with van der Waals surface area (Å²) in [6.07, 6.45) is 0.925. The van der Waals surface area contributed by atoms with E-state index in [1.54, 1.807) is 0 Å². The Morgan fingerprint density at radius 3 is 2.44 bits per heavy atom. The van der Waals surface area contributed by atoms with Crippen molar-refractivity contribution in [3.8, 4) is 23.7 Å². The summed E-state index contributed by atoms with van der Waals surface area (Å²) < 4.78 is 0. The van der Waals surface area contributed by atoms with Crippen LogP contribution < -0.4 is 0 Å². The lowest BCUT2D eigenvalue weighted by molar-refractivity contribution is 0.676. The maximum atomic E-state index is 3.34. The van der Waals surface area contributed by atoms with E-state index in [1.807, 2.05) is 0 Å². The van der Waals surface area contributed by atoms with Gasteiger partial charge in [-0.2, -0.15) is 0 Å². The van der Waals surface area contributed by atoms with Crippen LogP contribution in [0.25, 0.3) is 0 Å². The van der Waals surface area contributed by atoms with E-state index >= 15 is 0 Å². The van der Waals surface area contributed by atoms with Crippen molar-refractivity contribution < 1.29 is 0 Å². The summed E-state index contributed by atoms with van der Waals surface area (Å²) in [7, 11) is 0. The van der Waals surface area contributed by atoms with Gasteiger partial charge in [-0.1, -0.05) is 25.7 Å². The molecule has 0 spiro atoms. The predicted molar refractivity (Wildman–Crippen MR) is 40.4 cm³/mol. The topological polar surface area (TPSA) is 0 Å². The fourth-order valence-electron chi connectivity index (χ4n) is 0.344. The van der Waals surface area contributed by atoms with Gasteiger partial charge in [0.1, 0.15) is 0 Å². The van der Waals surface area contributed by atoms with Gasteiger partial charge in [-0.3, -0.25) is 0 Å². The minimum atomic E-state index is 0.643. The third-order valence-corrected chi connectivity index (χ3v) is 0.750. The Labute approximate surface area is 57.7 Å². The molecule has 9 heavy (non-hydrogen) atoms. The van der Waals surface area contributed by atoms with Gasteiger partial charge in [-0.15, -0.1) is 0 Å². The lowest BCUT2D eigenvalue weighted by Gasteiger charge is -1.90. The second-order valence-electron chi connectivity index (χ2n) is 2.20. The molecule has 0 aliphatic heterocycles. The van der Waals surface area contributed by atoms with Gasteiger partial charge in [0, 0.05) is 13.3 Å². The molecule has 0 nitrogen and oxygen atoms in total. The highest BCUT2D eigenvalue weighted by atomic mass is 13.9. The molecule has 0 heteroatoms. The molecule has 0 rings (SSSR count). The van der Waals surface area contributed by atoms with Gasteiger partial charge >= 0.3 is 0 Å². The molecule has 0 saturated carbocycles. The van der Waals surface area contributed by atoms with Gasteiger partial charge in [0.2, 0.25) is 0 Å². The highest BCUT2D eigenvalue weighted by molar-refractivity contribution is 5.26. The standard InChI is InChI=1S/C9H11/c1-4-5-6-7-8-9(2)3/h9H,1,8H2,2-3H3. The molecule has 0 atom stereocenters. The Morgan fingerprint density at radius 2 is 2.00 bits per heavy atom. The van der Waals surface area contributed by atoms with Crippen LogP contribution in [0.2, 0.25) is 0 Å². The average Bonchev–Trinajstić information content (AvgIpc) is 1.80. The van der Waals surface area contributed by atoms with Crippen LogP contribution in [-0.2, 0) is 0 Å². The van der Waals surface area contributed by atoms with Crippen LogP contribution in [0.3, 0.4) is 0 Å². The quantitative estimate of drug-likeness (QED) is 0.462. The molecule has 0 bridgehead atoms. The molecule has 0 heterocycles. The molecule has 0 aliphatic carbocycles. The fourth-order valence-corrected chi connectivity index (χ4v) is 0.344. The monoisotopic (exact) mass is 119 g/mol. The Morgan fingerprint density at radius 1 is 1.33 bits per heavy atom. The van der Waals surface area contributed by atoms with Crippen molar-refractivity contribution in [3.63, 3.8) is 0 Å². The summed E-state index contributed by atoms with van der Waals surface area (Å²) in [5.41, 5.74) is 0. The molecule has 0 N–H and O–H groups in total. The van der Waals surface area contributed by atoms with E-state index in [0.29, 0.717) is 5.92 Å². The molecule has 0 aliphatic rings. The summed E-state index contributed by atoms with van der Waals surface area (Å²) in [5.74, 6) is 11.3. The van der Waals surface area contributed by atoms with Crippen LogP contribution in [-0.4, -0.2) is 0 Å². The molecule has 0 aromatic carbocycles. The first-order valence-electron chi connectivity index (χ1n) is 3.02. The lowest BCUT2D eigenvalue weighted by Crippen LogP contribution is -1.80. The van der Waals surface area contributed by atoms with Crippen molar-refractivity contribution in [3.05, 3.63) is 6.92 Å². The summed E-state index contributed by atoms with van der Waals surface area (Å²) in [6.45, 7) is 7.60. The molecule has 0 fully saturated rings. The van der Waals surface area contributed by atoms with Crippen LogP contribution in [0.15, 0.2) is 0 Å². The third-order valence-electron chi connectivity index (χ3n) is 0.750.